The predicted molar refractivity (Wildman–Crippen MR) is 58.1 cm³/mol. The quantitative estimate of drug-likeness (QED) is 0.645. The Hall–Kier alpha value is -0.0800. The van der Waals surface area contributed by atoms with Crippen molar-refractivity contribution in [2.75, 3.05) is 13.7 Å². The Morgan fingerprint density at radius 1 is 1.31 bits per heavy atom. The van der Waals surface area contributed by atoms with Crippen molar-refractivity contribution in [2.24, 2.45) is 0 Å². The molecule has 0 aliphatic rings. The lowest BCUT2D eigenvalue weighted by molar-refractivity contribution is -0.00534. The van der Waals surface area contributed by atoms with Gasteiger partial charge < -0.3 is 10.1 Å². The van der Waals surface area contributed by atoms with E-state index >= 15 is 0 Å². The van der Waals surface area contributed by atoms with E-state index in [-0.39, 0.29) is 5.60 Å². The van der Waals surface area contributed by atoms with Gasteiger partial charge in [-0.15, -0.1) is 0 Å². The van der Waals surface area contributed by atoms with Gasteiger partial charge in [0.1, 0.15) is 0 Å². The van der Waals surface area contributed by atoms with Gasteiger partial charge in [0.2, 0.25) is 0 Å². The van der Waals surface area contributed by atoms with Crippen LogP contribution < -0.4 is 5.32 Å². The Bertz CT molecular complexity index is 114. The lowest BCUT2D eigenvalue weighted by atomic mass is 10.1. The highest BCUT2D eigenvalue weighted by Gasteiger charge is 2.09. The molecule has 0 aromatic heterocycles. The van der Waals surface area contributed by atoms with Crippen molar-refractivity contribution in [2.45, 2.75) is 58.6 Å². The molecule has 0 spiro atoms. The third-order valence-corrected chi connectivity index (χ3v) is 2.13. The van der Waals surface area contributed by atoms with E-state index < -0.39 is 0 Å². The van der Waals surface area contributed by atoms with Crippen LogP contribution in [0.25, 0.3) is 0 Å². The molecule has 0 heterocycles. The van der Waals surface area contributed by atoms with Crippen molar-refractivity contribution in [3.8, 4) is 0 Å². The highest BCUT2D eigenvalue weighted by atomic mass is 16.5. The zero-order valence-electron chi connectivity index (χ0n) is 9.81. The normalized spacial score (nSPS) is 14.5. The molecular formula is C11H25NO. The summed E-state index contributed by atoms with van der Waals surface area (Å²) in [5.41, 5.74) is 0.0152. The molecule has 80 valence electrons. The van der Waals surface area contributed by atoms with E-state index in [2.05, 4.69) is 33.0 Å². The Kier molecular flexibility index (Phi) is 6.35. The molecule has 2 heteroatoms. The van der Waals surface area contributed by atoms with Gasteiger partial charge in [-0.25, -0.2) is 0 Å². The number of hydrogen-bond donors (Lipinski definition) is 1. The second-order valence-corrected chi connectivity index (χ2v) is 4.50. The highest BCUT2D eigenvalue weighted by Crippen LogP contribution is 2.09. The van der Waals surface area contributed by atoms with Crippen LogP contribution in [0.3, 0.4) is 0 Å². The summed E-state index contributed by atoms with van der Waals surface area (Å²) in [4.78, 5) is 0. The summed E-state index contributed by atoms with van der Waals surface area (Å²) in [6.45, 7) is 9.39. The van der Waals surface area contributed by atoms with Gasteiger partial charge in [-0.2, -0.15) is 0 Å². The zero-order chi connectivity index (χ0) is 10.3. The average Bonchev–Trinajstić information content (AvgIpc) is 2.03. The van der Waals surface area contributed by atoms with Crippen LogP contribution in [0.15, 0.2) is 0 Å². The summed E-state index contributed by atoms with van der Waals surface area (Å²) < 4.78 is 5.64. The molecule has 0 radical (unpaired) electrons. The number of rotatable bonds is 6. The molecule has 0 rings (SSSR count). The van der Waals surface area contributed by atoms with Gasteiger partial charge >= 0.3 is 0 Å². The summed E-state index contributed by atoms with van der Waals surface area (Å²) in [5.74, 6) is 0. The third-order valence-electron chi connectivity index (χ3n) is 2.13. The first-order chi connectivity index (χ1) is 5.99. The summed E-state index contributed by atoms with van der Waals surface area (Å²) in [7, 11) is 2.03. The molecule has 0 aromatic carbocycles. The second kappa shape index (κ2) is 6.39. The molecule has 0 bridgehead atoms. The highest BCUT2D eigenvalue weighted by molar-refractivity contribution is 4.63. The molecule has 0 amide bonds. The Morgan fingerprint density at radius 3 is 2.31 bits per heavy atom. The Labute approximate surface area is 83.1 Å². The minimum atomic E-state index is 0.0152. The minimum Gasteiger partial charge on any atom is -0.376 e. The lowest BCUT2D eigenvalue weighted by Crippen LogP contribution is -2.25. The van der Waals surface area contributed by atoms with E-state index in [1.807, 2.05) is 7.05 Å². The van der Waals surface area contributed by atoms with Crippen LogP contribution in [0.2, 0.25) is 0 Å². The average molecular weight is 187 g/mol. The van der Waals surface area contributed by atoms with Crippen molar-refractivity contribution in [1.29, 1.82) is 0 Å². The number of nitrogens with one attached hydrogen (secondary N) is 1. The lowest BCUT2D eigenvalue weighted by Gasteiger charge is -2.20. The van der Waals surface area contributed by atoms with Crippen molar-refractivity contribution in [3.63, 3.8) is 0 Å². The van der Waals surface area contributed by atoms with E-state index in [0.29, 0.717) is 6.04 Å². The topological polar surface area (TPSA) is 21.3 Å². The van der Waals surface area contributed by atoms with E-state index in [0.717, 1.165) is 13.0 Å². The Morgan fingerprint density at radius 2 is 1.92 bits per heavy atom. The molecule has 2 nitrogen and oxygen atoms in total. The SMILES string of the molecule is CCC(CCCOC(C)(C)C)NC. The van der Waals surface area contributed by atoms with Crippen LogP contribution in [-0.4, -0.2) is 25.3 Å². The van der Waals surface area contributed by atoms with E-state index in [1.54, 1.807) is 0 Å². The predicted octanol–water partition coefficient (Wildman–Crippen LogP) is 2.58. The standard InChI is InChI=1S/C11H25NO/c1-6-10(12-5)8-7-9-13-11(2,3)4/h10,12H,6-9H2,1-5H3. The summed E-state index contributed by atoms with van der Waals surface area (Å²) >= 11 is 0. The van der Waals surface area contributed by atoms with Crippen molar-refractivity contribution in [3.05, 3.63) is 0 Å². The molecule has 13 heavy (non-hydrogen) atoms. The van der Waals surface area contributed by atoms with E-state index in [9.17, 15) is 0 Å². The maximum Gasteiger partial charge on any atom is 0.0598 e. The van der Waals surface area contributed by atoms with Crippen molar-refractivity contribution in [1.82, 2.24) is 5.32 Å². The minimum absolute atomic E-state index is 0.0152. The first-order valence-electron chi connectivity index (χ1n) is 5.31. The van der Waals surface area contributed by atoms with Gasteiger partial charge in [-0.1, -0.05) is 6.92 Å². The molecule has 0 saturated heterocycles. The molecule has 0 aliphatic carbocycles. The van der Waals surface area contributed by atoms with Crippen LogP contribution >= 0.6 is 0 Å². The third kappa shape index (κ3) is 8.26. The zero-order valence-corrected chi connectivity index (χ0v) is 9.81. The van der Waals surface area contributed by atoms with E-state index in [1.165, 1.54) is 12.8 Å². The largest absolute Gasteiger partial charge is 0.376 e. The number of ether oxygens (including phenoxy) is 1. The van der Waals surface area contributed by atoms with Crippen LogP contribution in [0, 0.1) is 0 Å². The number of hydrogen-bond acceptors (Lipinski definition) is 2. The molecular weight excluding hydrogens is 162 g/mol. The molecule has 0 aromatic rings. The van der Waals surface area contributed by atoms with Gasteiger partial charge in [0.25, 0.3) is 0 Å². The van der Waals surface area contributed by atoms with Gasteiger partial charge in [0.15, 0.2) is 0 Å². The maximum absolute atomic E-state index is 5.64. The smallest absolute Gasteiger partial charge is 0.0598 e. The maximum atomic E-state index is 5.64. The van der Waals surface area contributed by atoms with Crippen LogP contribution in [0.5, 0.6) is 0 Å². The second-order valence-electron chi connectivity index (χ2n) is 4.50. The molecule has 0 saturated carbocycles. The van der Waals surface area contributed by atoms with Crippen LogP contribution in [0.4, 0.5) is 0 Å². The molecule has 1 atom stereocenters. The fourth-order valence-electron chi connectivity index (χ4n) is 1.26. The van der Waals surface area contributed by atoms with Gasteiger partial charge in [0.05, 0.1) is 5.60 Å². The monoisotopic (exact) mass is 187 g/mol. The summed E-state index contributed by atoms with van der Waals surface area (Å²) in [6.07, 6.45) is 3.56. The molecule has 0 fully saturated rings. The van der Waals surface area contributed by atoms with Crippen molar-refractivity contribution >= 4 is 0 Å². The van der Waals surface area contributed by atoms with Gasteiger partial charge in [0, 0.05) is 12.6 Å². The molecule has 1 N–H and O–H groups in total. The van der Waals surface area contributed by atoms with Crippen molar-refractivity contribution < 1.29 is 4.74 Å². The molecule has 0 aliphatic heterocycles. The first-order valence-corrected chi connectivity index (χ1v) is 5.31. The fourth-order valence-corrected chi connectivity index (χ4v) is 1.26. The fraction of sp³-hybridized carbons (Fsp3) is 1.00. The Balaban J connectivity index is 3.34. The van der Waals surface area contributed by atoms with Crippen LogP contribution in [-0.2, 0) is 4.74 Å². The first kappa shape index (κ1) is 12.9. The van der Waals surface area contributed by atoms with Crippen LogP contribution in [0.1, 0.15) is 47.0 Å². The van der Waals surface area contributed by atoms with Gasteiger partial charge in [-0.3, -0.25) is 0 Å². The molecule has 1 unspecified atom stereocenters. The summed E-state index contributed by atoms with van der Waals surface area (Å²) in [5, 5.41) is 3.29. The summed E-state index contributed by atoms with van der Waals surface area (Å²) in [6, 6.07) is 0.656. The van der Waals surface area contributed by atoms with Gasteiger partial charge in [-0.05, 0) is 47.1 Å². The van der Waals surface area contributed by atoms with E-state index in [4.69, 9.17) is 4.74 Å².